The molecular weight excluding hydrogens is 694 g/mol. The van der Waals surface area contributed by atoms with E-state index in [4.69, 9.17) is 37.5 Å². The van der Waals surface area contributed by atoms with Gasteiger partial charge in [-0.3, -0.25) is 9.69 Å². The zero-order valence-corrected chi connectivity index (χ0v) is 28.9. The van der Waals surface area contributed by atoms with Crippen molar-refractivity contribution in [2.75, 3.05) is 55.8 Å². The zero-order chi connectivity index (χ0) is 36.4. The van der Waals surface area contributed by atoms with E-state index in [-0.39, 0.29) is 83.4 Å². The van der Waals surface area contributed by atoms with Gasteiger partial charge in [0.1, 0.15) is 36.2 Å². The Hall–Kier alpha value is -4.70. The van der Waals surface area contributed by atoms with Crippen LogP contribution < -0.4 is 25.8 Å². The Kier molecular flexibility index (Phi) is 8.94. The largest absolute Gasteiger partial charge is 0.489 e. The Labute approximate surface area is 295 Å². The molecule has 4 aromatic rings. The van der Waals surface area contributed by atoms with Crippen molar-refractivity contribution in [3.63, 3.8) is 0 Å². The summed E-state index contributed by atoms with van der Waals surface area (Å²) >= 11 is 6.81. The summed E-state index contributed by atoms with van der Waals surface area (Å²) in [6.45, 7) is 6.90. The molecule has 0 spiro atoms. The first-order valence-electron chi connectivity index (χ1n) is 16.6. The maximum absolute atomic E-state index is 17.0. The fourth-order valence-corrected chi connectivity index (χ4v) is 7.88. The third kappa shape index (κ3) is 6.17. The molecule has 2 saturated heterocycles. The van der Waals surface area contributed by atoms with Crippen molar-refractivity contribution in [1.29, 1.82) is 0 Å². The van der Waals surface area contributed by atoms with Crippen molar-refractivity contribution in [1.82, 2.24) is 29.7 Å². The van der Waals surface area contributed by atoms with E-state index >= 15 is 4.39 Å². The summed E-state index contributed by atoms with van der Waals surface area (Å²) < 4.78 is 72.8. The van der Waals surface area contributed by atoms with E-state index in [1.807, 2.05) is 16.7 Å². The maximum Gasteiger partial charge on any atom is 0.418 e. The van der Waals surface area contributed by atoms with Gasteiger partial charge in [-0.15, -0.1) is 0 Å². The van der Waals surface area contributed by atoms with E-state index in [1.165, 1.54) is 6.92 Å². The molecule has 0 radical (unpaired) electrons. The maximum atomic E-state index is 17.0. The highest BCUT2D eigenvalue weighted by atomic mass is 35.5. The van der Waals surface area contributed by atoms with Crippen molar-refractivity contribution < 1.29 is 31.8 Å². The molecule has 3 aromatic heterocycles. The predicted octanol–water partition coefficient (Wildman–Crippen LogP) is 5.40. The number of hydrogen-bond acceptors (Lipinski definition) is 11. The van der Waals surface area contributed by atoms with E-state index in [1.54, 1.807) is 25.3 Å². The molecule has 270 valence electrons. The lowest BCUT2D eigenvalue weighted by Crippen LogP contribution is -2.54. The number of benzene rings is 1. The summed E-state index contributed by atoms with van der Waals surface area (Å²) in [6, 6.07) is 4.11. The molecule has 3 aliphatic rings. The van der Waals surface area contributed by atoms with Crippen LogP contribution in [0.4, 0.5) is 35.0 Å². The Balaban J connectivity index is 1.37. The number of nitrogens with two attached hydrogens (primary N) is 2. The van der Waals surface area contributed by atoms with Crippen LogP contribution in [-0.2, 0) is 11.0 Å². The van der Waals surface area contributed by atoms with Gasteiger partial charge in [0.15, 0.2) is 11.6 Å². The summed E-state index contributed by atoms with van der Waals surface area (Å²) in [6.07, 6.45) is -1.69. The fraction of sp³-hybridized carbons (Fsp3) is 0.441. The van der Waals surface area contributed by atoms with Gasteiger partial charge in [-0.1, -0.05) is 17.7 Å². The topological polar surface area (TPSA) is 149 Å². The molecule has 2 fully saturated rings. The number of hydrogen-bond donors (Lipinski definition) is 2. The molecule has 0 aliphatic carbocycles. The molecule has 3 aliphatic heterocycles. The van der Waals surface area contributed by atoms with Crippen LogP contribution in [0.15, 0.2) is 24.4 Å². The van der Waals surface area contributed by atoms with Crippen LogP contribution in [0, 0.1) is 12.7 Å². The monoisotopic (exact) mass is 729 g/mol. The minimum absolute atomic E-state index is 0.00215. The van der Waals surface area contributed by atoms with Gasteiger partial charge in [0.2, 0.25) is 5.91 Å². The zero-order valence-electron chi connectivity index (χ0n) is 28.1. The standard InChI is InChI=1S/C34H36ClF4N9O3/c1-16-13-22(40)43-28(25(16)34(37,38)39)23-26(35)30-24-29(27(23)36)44-33(51-15-20-7-6-19-14-46(18(3)49)9-10-48(19)20)45-32(24)47(11-12-50-30)17(2)21-5-4-8-42-31(21)41/h4-5,8,13,17,19-20H,6-7,9-12,14-15H2,1-3H3,(H2,40,43)(H2,41,42)/t17-,19-,20-/m1/s1. The number of aryl methyl sites for hydroxylation is 1. The molecule has 0 saturated carbocycles. The number of alkyl halides is 3. The van der Waals surface area contributed by atoms with E-state index in [0.29, 0.717) is 25.2 Å². The third-order valence-electron chi connectivity index (χ3n) is 10.0. The van der Waals surface area contributed by atoms with Crippen molar-refractivity contribution in [3.05, 3.63) is 51.9 Å². The lowest BCUT2D eigenvalue weighted by molar-refractivity contribution is -0.137. The number of ether oxygens (including phenoxy) is 2. The van der Waals surface area contributed by atoms with E-state index in [0.717, 1.165) is 18.9 Å². The van der Waals surface area contributed by atoms with Gasteiger partial charge in [0.25, 0.3) is 0 Å². The third-order valence-corrected chi connectivity index (χ3v) is 10.4. The number of fused-ring (bicyclic) bond motifs is 1. The average molecular weight is 730 g/mol. The molecule has 17 heteroatoms. The number of piperazine rings is 1. The Morgan fingerprint density at radius 3 is 2.69 bits per heavy atom. The predicted molar refractivity (Wildman–Crippen MR) is 183 cm³/mol. The highest BCUT2D eigenvalue weighted by Gasteiger charge is 2.41. The number of pyridine rings is 2. The highest BCUT2D eigenvalue weighted by molar-refractivity contribution is 6.36. The van der Waals surface area contributed by atoms with Crippen molar-refractivity contribution in [3.8, 4) is 23.0 Å². The first-order chi connectivity index (χ1) is 24.2. The number of nitrogens with zero attached hydrogens (tertiary/aromatic N) is 7. The quantitative estimate of drug-likeness (QED) is 0.246. The van der Waals surface area contributed by atoms with E-state index in [2.05, 4.69) is 19.9 Å². The second-order valence-corrected chi connectivity index (χ2v) is 13.4. The Bertz CT molecular complexity index is 2030. The molecule has 12 nitrogen and oxygen atoms in total. The minimum Gasteiger partial charge on any atom is -0.489 e. The summed E-state index contributed by atoms with van der Waals surface area (Å²) in [5, 5.41) is -0.380. The molecule has 1 aromatic carbocycles. The number of rotatable bonds is 6. The average Bonchev–Trinajstić information content (AvgIpc) is 3.37. The van der Waals surface area contributed by atoms with Crippen LogP contribution in [0.5, 0.6) is 11.8 Å². The normalized spacial score (nSPS) is 19.8. The van der Waals surface area contributed by atoms with Crippen LogP contribution in [0.1, 0.15) is 49.4 Å². The van der Waals surface area contributed by atoms with Gasteiger partial charge in [-0.25, -0.2) is 14.4 Å². The van der Waals surface area contributed by atoms with Gasteiger partial charge in [-0.2, -0.15) is 23.1 Å². The smallest absolute Gasteiger partial charge is 0.418 e. The van der Waals surface area contributed by atoms with Gasteiger partial charge in [0.05, 0.1) is 39.8 Å². The number of carbonyl (C=O) groups excluding carboxylic acids is 1. The Morgan fingerprint density at radius 1 is 1.18 bits per heavy atom. The summed E-state index contributed by atoms with van der Waals surface area (Å²) in [7, 11) is 0. The van der Waals surface area contributed by atoms with Crippen LogP contribution in [0.3, 0.4) is 0 Å². The number of nitrogen functional groups attached to an aromatic ring is 2. The molecule has 1 amide bonds. The minimum atomic E-state index is -4.92. The summed E-state index contributed by atoms with van der Waals surface area (Å²) in [4.78, 5) is 35.3. The molecule has 4 N–H and O–H groups in total. The van der Waals surface area contributed by atoms with E-state index in [9.17, 15) is 18.0 Å². The number of carbonyl (C=O) groups is 1. The molecular formula is C34H36ClF4N9O3. The van der Waals surface area contributed by atoms with Crippen LogP contribution in [-0.4, -0.2) is 87.1 Å². The molecule has 0 bridgehead atoms. The Morgan fingerprint density at radius 2 is 1.96 bits per heavy atom. The van der Waals surface area contributed by atoms with Crippen molar-refractivity contribution in [2.24, 2.45) is 0 Å². The first kappa shape index (κ1) is 34.7. The molecule has 6 heterocycles. The highest BCUT2D eigenvalue weighted by Crippen LogP contribution is 2.51. The first-order valence-corrected chi connectivity index (χ1v) is 16.9. The second kappa shape index (κ2) is 13.1. The van der Waals surface area contributed by atoms with E-state index < -0.39 is 39.9 Å². The molecule has 51 heavy (non-hydrogen) atoms. The lowest BCUT2D eigenvalue weighted by Gasteiger charge is -2.39. The van der Waals surface area contributed by atoms with Crippen LogP contribution in [0.25, 0.3) is 22.2 Å². The van der Waals surface area contributed by atoms with Crippen LogP contribution >= 0.6 is 11.6 Å². The van der Waals surface area contributed by atoms with Gasteiger partial charge >= 0.3 is 12.2 Å². The molecule has 0 unspecified atom stereocenters. The number of amides is 1. The number of halogens is 5. The molecule has 3 atom stereocenters. The molecule has 7 rings (SSSR count). The fourth-order valence-electron chi connectivity index (χ4n) is 7.56. The van der Waals surface area contributed by atoms with Gasteiger partial charge in [-0.05, 0) is 44.4 Å². The lowest BCUT2D eigenvalue weighted by atomic mass is 9.98. The van der Waals surface area contributed by atoms with Crippen molar-refractivity contribution in [2.45, 2.75) is 57.9 Å². The van der Waals surface area contributed by atoms with Gasteiger partial charge in [0, 0.05) is 50.4 Å². The van der Waals surface area contributed by atoms with Gasteiger partial charge < -0.3 is 30.7 Å². The summed E-state index contributed by atoms with van der Waals surface area (Å²) in [5.74, 6) is -1.02. The number of aromatic nitrogens is 4. The SMILES string of the molecule is CC(=O)N1CCN2[C@@H](COc3nc4c5c(c(Cl)c(-c6nc(N)cc(C)c6C(F)(F)F)c(F)c5n3)OCCN4[C@H](C)c3cccnc3N)CC[C@@H]2C1. The summed E-state index contributed by atoms with van der Waals surface area (Å²) in [5.41, 5.74) is 9.56. The van der Waals surface area contributed by atoms with Crippen LogP contribution in [0.2, 0.25) is 5.02 Å². The number of anilines is 3. The second-order valence-electron chi connectivity index (χ2n) is 13.1. The van der Waals surface area contributed by atoms with Crippen molar-refractivity contribution >= 4 is 45.9 Å².